The first-order valence-corrected chi connectivity index (χ1v) is 23.2. The summed E-state index contributed by atoms with van der Waals surface area (Å²) in [6.07, 6.45) is 12.9. The first-order valence-electron chi connectivity index (χ1n) is 22.4. The predicted molar refractivity (Wildman–Crippen MR) is 231 cm³/mol. The van der Waals surface area contributed by atoms with Gasteiger partial charge in [0.2, 0.25) is 5.91 Å². The molecule has 8 rings (SSSR count). The standard InChI is InChI=1S/C46H62N6O7S/c53-39-13-12-35(43-42(39)49-40(54)30-58-43)14-19-47-20-23-52(37-10-2-1-3-11-37)41(55)16-26-57-25-15-33-6-4-7-34(28-33)29-50-21-17-46(18-22-50)32-51(24-27-59-46)45(56)38-31-60-44(48-38)36-8-5-9-36/h4,6-7,12-13,28,31,36-37,47,53H,1-3,5,8-11,14-27,29-30,32H2,(H,49,54). The topological polar surface area (TPSA) is 146 Å². The lowest BCUT2D eigenvalue weighted by Crippen LogP contribution is -2.58. The normalized spacial score (nSPS) is 19.7. The molecule has 4 heterocycles. The molecule has 1 spiro atoms. The Hall–Kier alpha value is -4.08. The number of carbonyl (C=O) groups excluding carboxylic acids is 3. The summed E-state index contributed by atoms with van der Waals surface area (Å²) in [5, 5.41) is 19.4. The predicted octanol–water partition coefficient (Wildman–Crippen LogP) is 5.90. The number of amides is 3. The average molecular weight is 843 g/mol. The number of anilines is 1. The zero-order chi connectivity index (χ0) is 41.3. The van der Waals surface area contributed by atoms with Crippen LogP contribution in [0.1, 0.15) is 109 Å². The molecule has 14 heteroatoms. The molecule has 3 amide bonds. The van der Waals surface area contributed by atoms with Gasteiger partial charge in [-0.15, -0.1) is 11.3 Å². The molecule has 0 bridgehead atoms. The van der Waals surface area contributed by atoms with Crippen molar-refractivity contribution in [2.75, 3.05) is 77.6 Å². The molecule has 0 unspecified atom stereocenters. The Balaban J connectivity index is 0.739. The minimum absolute atomic E-state index is 0.00316. The molecule has 2 aromatic carbocycles. The van der Waals surface area contributed by atoms with Crippen LogP contribution in [0.5, 0.6) is 11.5 Å². The monoisotopic (exact) mass is 842 g/mol. The van der Waals surface area contributed by atoms with Crippen molar-refractivity contribution in [2.24, 2.45) is 0 Å². The molecule has 60 heavy (non-hydrogen) atoms. The highest BCUT2D eigenvalue weighted by molar-refractivity contribution is 7.09. The molecule has 5 aliphatic rings. The summed E-state index contributed by atoms with van der Waals surface area (Å²) in [5.74, 6) is 0.994. The summed E-state index contributed by atoms with van der Waals surface area (Å²) >= 11 is 1.64. The van der Waals surface area contributed by atoms with E-state index in [2.05, 4.69) is 44.7 Å². The van der Waals surface area contributed by atoms with Crippen LogP contribution in [-0.2, 0) is 38.4 Å². The third kappa shape index (κ3) is 10.7. The molecule has 324 valence electrons. The number of thiazole rings is 1. The number of aromatic hydroxyl groups is 1. The lowest BCUT2D eigenvalue weighted by atomic mass is 9.86. The summed E-state index contributed by atoms with van der Waals surface area (Å²) in [6, 6.07) is 12.4. The molecular weight excluding hydrogens is 781 g/mol. The average Bonchev–Trinajstić information content (AvgIpc) is 3.72. The molecule has 2 saturated carbocycles. The van der Waals surface area contributed by atoms with Crippen LogP contribution in [0.15, 0.2) is 41.8 Å². The molecule has 2 aliphatic carbocycles. The third-order valence-corrected chi connectivity index (χ3v) is 14.2. The van der Waals surface area contributed by atoms with Crippen LogP contribution in [0.4, 0.5) is 5.69 Å². The second-order valence-corrected chi connectivity index (χ2v) is 18.2. The number of piperidine rings is 1. The van der Waals surface area contributed by atoms with E-state index in [1.807, 2.05) is 16.3 Å². The van der Waals surface area contributed by atoms with Crippen molar-refractivity contribution >= 4 is 34.7 Å². The zero-order valence-corrected chi connectivity index (χ0v) is 35.8. The Morgan fingerprint density at radius 2 is 1.83 bits per heavy atom. The molecule has 13 nitrogen and oxygen atoms in total. The number of phenolic OH excluding ortho intramolecular Hbond substituents is 1. The van der Waals surface area contributed by atoms with Crippen molar-refractivity contribution in [3.63, 3.8) is 0 Å². The maximum Gasteiger partial charge on any atom is 0.273 e. The number of ether oxygens (including phenoxy) is 3. The largest absolute Gasteiger partial charge is 0.506 e. The summed E-state index contributed by atoms with van der Waals surface area (Å²) in [7, 11) is 0. The molecule has 2 saturated heterocycles. The van der Waals surface area contributed by atoms with Gasteiger partial charge in [-0.25, -0.2) is 4.98 Å². The lowest BCUT2D eigenvalue weighted by molar-refractivity contribution is -0.135. The number of phenols is 1. The van der Waals surface area contributed by atoms with E-state index in [1.165, 1.54) is 36.8 Å². The van der Waals surface area contributed by atoms with E-state index in [9.17, 15) is 19.5 Å². The van der Waals surface area contributed by atoms with Gasteiger partial charge in [0.15, 0.2) is 12.4 Å². The highest BCUT2D eigenvalue weighted by atomic mass is 32.1. The second kappa shape index (κ2) is 20.2. The fourth-order valence-electron chi connectivity index (χ4n) is 9.43. The van der Waals surface area contributed by atoms with E-state index in [0.717, 1.165) is 75.2 Å². The summed E-state index contributed by atoms with van der Waals surface area (Å²) in [4.78, 5) is 50.0. The highest BCUT2D eigenvalue weighted by Gasteiger charge is 2.41. The maximum absolute atomic E-state index is 13.6. The Kier molecular flexibility index (Phi) is 14.3. The smallest absolute Gasteiger partial charge is 0.273 e. The molecule has 4 fully saturated rings. The van der Waals surface area contributed by atoms with Gasteiger partial charge in [-0.3, -0.25) is 19.3 Å². The Labute approximate surface area is 358 Å². The second-order valence-electron chi connectivity index (χ2n) is 17.3. The highest BCUT2D eigenvalue weighted by Crippen LogP contribution is 2.40. The first-order chi connectivity index (χ1) is 29.3. The number of fused-ring (bicyclic) bond motifs is 1. The van der Waals surface area contributed by atoms with E-state index in [1.54, 1.807) is 17.4 Å². The van der Waals surface area contributed by atoms with Crippen LogP contribution in [0, 0.1) is 0 Å². The molecule has 0 atom stereocenters. The number of nitrogens with one attached hydrogen (secondary N) is 2. The van der Waals surface area contributed by atoms with Crippen LogP contribution in [0.2, 0.25) is 0 Å². The number of hydrogen-bond donors (Lipinski definition) is 3. The fraction of sp³-hybridized carbons (Fsp3) is 0.609. The van der Waals surface area contributed by atoms with E-state index < -0.39 is 0 Å². The van der Waals surface area contributed by atoms with Crippen molar-refractivity contribution in [1.29, 1.82) is 0 Å². The van der Waals surface area contributed by atoms with Gasteiger partial charge in [-0.05, 0) is 80.7 Å². The maximum atomic E-state index is 13.6. The van der Waals surface area contributed by atoms with Crippen LogP contribution in [0.3, 0.4) is 0 Å². The first kappa shape index (κ1) is 42.6. The van der Waals surface area contributed by atoms with Gasteiger partial charge in [-0.1, -0.05) is 56.0 Å². The number of hydrogen-bond acceptors (Lipinski definition) is 11. The van der Waals surface area contributed by atoms with Gasteiger partial charge in [0.05, 0.1) is 43.4 Å². The Morgan fingerprint density at radius 3 is 2.65 bits per heavy atom. The summed E-state index contributed by atoms with van der Waals surface area (Å²) < 4.78 is 18.1. The number of nitrogens with zero attached hydrogens (tertiary/aromatic N) is 4. The Bertz CT molecular complexity index is 1940. The van der Waals surface area contributed by atoms with Gasteiger partial charge in [0.1, 0.15) is 17.1 Å². The van der Waals surface area contributed by atoms with Gasteiger partial charge in [0.25, 0.3) is 11.8 Å². The minimum atomic E-state index is -0.281. The summed E-state index contributed by atoms with van der Waals surface area (Å²) in [5.41, 5.74) is 4.09. The van der Waals surface area contributed by atoms with Crippen molar-refractivity contribution in [1.82, 2.24) is 25.0 Å². The summed E-state index contributed by atoms with van der Waals surface area (Å²) in [6.45, 7) is 7.49. The van der Waals surface area contributed by atoms with Gasteiger partial charge in [0, 0.05) is 56.6 Å². The van der Waals surface area contributed by atoms with Gasteiger partial charge < -0.3 is 39.8 Å². The fourth-order valence-corrected chi connectivity index (χ4v) is 10.4. The molecule has 3 aromatic rings. The van der Waals surface area contributed by atoms with Gasteiger partial charge in [-0.2, -0.15) is 0 Å². The number of morpholine rings is 1. The lowest BCUT2D eigenvalue weighted by Gasteiger charge is -2.47. The van der Waals surface area contributed by atoms with Crippen LogP contribution in [-0.4, -0.2) is 126 Å². The van der Waals surface area contributed by atoms with Crippen molar-refractivity contribution in [2.45, 2.75) is 108 Å². The van der Waals surface area contributed by atoms with E-state index in [4.69, 9.17) is 19.2 Å². The van der Waals surface area contributed by atoms with Crippen LogP contribution in [0.25, 0.3) is 0 Å². The van der Waals surface area contributed by atoms with Crippen LogP contribution < -0.4 is 15.4 Å². The van der Waals surface area contributed by atoms with Crippen molar-refractivity contribution in [3.05, 3.63) is 69.2 Å². The molecule has 1 aromatic heterocycles. The number of aromatic nitrogens is 1. The number of benzene rings is 2. The van der Waals surface area contributed by atoms with E-state index >= 15 is 0 Å². The number of rotatable bonds is 17. The van der Waals surface area contributed by atoms with E-state index in [-0.39, 0.29) is 41.7 Å². The van der Waals surface area contributed by atoms with Crippen LogP contribution >= 0.6 is 11.3 Å². The SMILES string of the molecule is O=C1COc2c(CCNCCN(C(=O)CCOCCc3cccc(CN4CCC5(CC4)CN(C(=O)c4csc(C6CCC6)n4)CCO5)c3)C3CCCCC3)ccc(O)c2N1. The molecule has 3 N–H and O–H groups in total. The Morgan fingerprint density at radius 1 is 1.00 bits per heavy atom. The quantitative estimate of drug-likeness (QED) is 0.111. The van der Waals surface area contributed by atoms with Gasteiger partial charge >= 0.3 is 0 Å². The molecular formula is C46H62N6O7S. The molecule has 0 radical (unpaired) electrons. The van der Waals surface area contributed by atoms with Crippen molar-refractivity contribution < 1.29 is 33.7 Å². The van der Waals surface area contributed by atoms with E-state index in [0.29, 0.717) is 88.4 Å². The zero-order valence-electron chi connectivity index (χ0n) is 35.0. The minimum Gasteiger partial charge on any atom is -0.506 e. The number of carbonyl (C=O) groups is 3. The van der Waals surface area contributed by atoms with Crippen molar-refractivity contribution in [3.8, 4) is 11.5 Å². The number of likely N-dealkylation sites (tertiary alicyclic amines) is 1. The molecule has 3 aliphatic heterocycles. The third-order valence-electron chi connectivity index (χ3n) is 13.2.